The van der Waals surface area contributed by atoms with E-state index < -0.39 is 11.6 Å². The van der Waals surface area contributed by atoms with Gasteiger partial charge in [0.05, 0.1) is 11.5 Å². The Labute approximate surface area is 124 Å². The first-order chi connectivity index (χ1) is 9.89. The minimum atomic E-state index is -0.868. The molecule has 4 nitrogen and oxygen atoms in total. The van der Waals surface area contributed by atoms with E-state index in [1.807, 2.05) is 13.0 Å². The number of aliphatic hydroxyl groups is 1. The van der Waals surface area contributed by atoms with E-state index in [-0.39, 0.29) is 17.8 Å². The molecule has 0 heterocycles. The molecule has 0 amide bonds. The fraction of sp³-hybridized carbons (Fsp3) is 0.562. The largest absolute Gasteiger partial charge is 0.481 e. The average molecular weight is 295 g/mol. The van der Waals surface area contributed by atoms with E-state index in [4.69, 9.17) is 5.11 Å². The van der Waals surface area contributed by atoms with Crippen LogP contribution in [0.15, 0.2) is 24.3 Å². The molecule has 0 aliphatic heterocycles. The lowest BCUT2D eigenvalue weighted by atomic mass is 9.78. The summed E-state index contributed by atoms with van der Waals surface area (Å²) in [5.41, 5.74) is -0.0362. The van der Waals surface area contributed by atoms with Crippen LogP contribution in [0.4, 0.5) is 4.39 Å². The van der Waals surface area contributed by atoms with Gasteiger partial charge in [-0.25, -0.2) is 4.39 Å². The van der Waals surface area contributed by atoms with Gasteiger partial charge in [0.15, 0.2) is 0 Å². The van der Waals surface area contributed by atoms with E-state index in [2.05, 4.69) is 5.32 Å². The van der Waals surface area contributed by atoms with Crippen molar-refractivity contribution >= 4 is 5.97 Å². The molecule has 1 fully saturated rings. The topological polar surface area (TPSA) is 69.6 Å². The van der Waals surface area contributed by atoms with Crippen molar-refractivity contribution in [3.63, 3.8) is 0 Å². The van der Waals surface area contributed by atoms with Crippen LogP contribution in [-0.4, -0.2) is 28.3 Å². The van der Waals surface area contributed by atoms with Crippen molar-refractivity contribution in [1.82, 2.24) is 5.32 Å². The molecular formula is C16H22FNO3. The number of hydrogen-bond donors (Lipinski definition) is 3. The van der Waals surface area contributed by atoms with Gasteiger partial charge < -0.3 is 15.5 Å². The van der Waals surface area contributed by atoms with Gasteiger partial charge in [-0.2, -0.15) is 0 Å². The summed E-state index contributed by atoms with van der Waals surface area (Å²) in [6.07, 6.45) is 1.96. The second-order valence-electron chi connectivity index (χ2n) is 5.99. The molecule has 1 aliphatic carbocycles. The van der Waals surface area contributed by atoms with Crippen LogP contribution < -0.4 is 5.32 Å². The Balaban J connectivity index is 1.86. The third-order valence-corrected chi connectivity index (χ3v) is 4.35. The van der Waals surface area contributed by atoms with Crippen LogP contribution >= 0.6 is 0 Å². The van der Waals surface area contributed by atoms with Crippen molar-refractivity contribution in [2.45, 2.75) is 44.2 Å². The van der Waals surface area contributed by atoms with E-state index in [1.54, 1.807) is 6.07 Å². The van der Waals surface area contributed by atoms with Crippen LogP contribution in [0.3, 0.4) is 0 Å². The summed E-state index contributed by atoms with van der Waals surface area (Å²) in [7, 11) is 0. The zero-order chi connectivity index (χ0) is 15.5. The maximum absolute atomic E-state index is 13.2. The number of halogens is 1. The van der Waals surface area contributed by atoms with E-state index >= 15 is 0 Å². The number of carboxylic acid groups (broad SMARTS) is 1. The first-order valence-corrected chi connectivity index (χ1v) is 7.34. The van der Waals surface area contributed by atoms with Gasteiger partial charge in [0.1, 0.15) is 5.82 Å². The van der Waals surface area contributed by atoms with E-state index in [0.29, 0.717) is 32.2 Å². The second kappa shape index (κ2) is 6.54. The summed E-state index contributed by atoms with van der Waals surface area (Å²) < 4.78 is 13.2. The molecule has 1 atom stereocenters. The molecule has 1 aliphatic rings. The van der Waals surface area contributed by atoms with E-state index in [1.165, 1.54) is 12.1 Å². The van der Waals surface area contributed by atoms with Crippen molar-refractivity contribution in [1.29, 1.82) is 0 Å². The highest BCUT2D eigenvalue weighted by atomic mass is 19.1. The standard InChI is InChI=1S/C16H22FNO3/c1-11(13-3-2-4-14(17)9-13)18-10-16(21)7-5-12(6-8-16)15(19)20/h2-4,9,11-12,18,21H,5-8,10H2,1H3,(H,19,20)/t11-,12?,16?/m0/s1. The molecule has 0 spiro atoms. The van der Waals surface area contributed by atoms with Crippen LogP contribution in [0, 0.1) is 11.7 Å². The van der Waals surface area contributed by atoms with Crippen molar-refractivity contribution in [3.05, 3.63) is 35.6 Å². The quantitative estimate of drug-likeness (QED) is 0.780. The predicted octanol–water partition coefficient (Wildman–Crippen LogP) is 2.48. The van der Waals surface area contributed by atoms with E-state index in [9.17, 15) is 14.3 Å². The highest BCUT2D eigenvalue weighted by Crippen LogP contribution is 2.32. The maximum Gasteiger partial charge on any atom is 0.306 e. The van der Waals surface area contributed by atoms with Crippen molar-refractivity contribution in [2.24, 2.45) is 5.92 Å². The van der Waals surface area contributed by atoms with Gasteiger partial charge >= 0.3 is 5.97 Å². The minimum Gasteiger partial charge on any atom is -0.481 e. The van der Waals surface area contributed by atoms with Gasteiger partial charge in [0.25, 0.3) is 0 Å². The molecule has 1 aromatic carbocycles. The molecule has 1 aromatic rings. The summed E-state index contributed by atoms with van der Waals surface area (Å²) >= 11 is 0. The molecule has 0 saturated heterocycles. The number of benzene rings is 1. The van der Waals surface area contributed by atoms with Gasteiger partial charge in [-0.15, -0.1) is 0 Å². The van der Waals surface area contributed by atoms with Crippen LogP contribution in [0.1, 0.15) is 44.2 Å². The lowest BCUT2D eigenvalue weighted by Crippen LogP contribution is -2.45. The van der Waals surface area contributed by atoms with E-state index in [0.717, 1.165) is 5.56 Å². The Morgan fingerprint density at radius 3 is 2.71 bits per heavy atom. The Kier molecular flexibility index (Phi) is 4.96. The normalized spacial score (nSPS) is 27.3. The number of rotatable bonds is 5. The highest BCUT2D eigenvalue weighted by molar-refractivity contribution is 5.70. The van der Waals surface area contributed by atoms with Crippen molar-refractivity contribution < 1.29 is 19.4 Å². The number of hydrogen-bond acceptors (Lipinski definition) is 3. The van der Waals surface area contributed by atoms with Gasteiger partial charge in [0, 0.05) is 12.6 Å². The number of carbonyl (C=O) groups is 1. The molecule has 0 aromatic heterocycles. The predicted molar refractivity (Wildman–Crippen MR) is 77.4 cm³/mol. The summed E-state index contributed by atoms with van der Waals surface area (Å²) in [4.78, 5) is 10.9. The third-order valence-electron chi connectivity index (χ3n) is 4.35. The zero-order valence-corrected chi connectivity index (χ0v) is 12.2. The monoisotopic (exact) mass is 295 g/mol. The first kappa shape index (κ1) is 15.9. The van der Waals surface area contributed by atoms with Crippen LogP contribution in [-0.2, 0) is 4.79 Å². The molecule has 2 rings (SSSR count). The number of nitrogens with one attached hydrogen (secondary N) is 1. The molecule has 3 N–H and O–H groups in total. The Bertz CT molecular complexity index is 498. The molecule has 116 valence electrons. The van der Waals surface area contributed by atoms with Gasteiger partial charge in [0.2, 0.25) is 0 Å². The number of aliphatic carboxylic acids is 1. The molecule has 1 saturated carbocycles. The summed E-state index contributed by atoms with van der Waals surface area (Å²) in [6, 6.07) is 6.31. The van der Waals surface area contributed by atoms with Gasteiger partial charge in [-0.05, 0) is 50.3 Å². The molecular weight excluding hydrogens is 273 g/mol. The Morgan fingerprint density at radius 1 is 1.48 bits per heavy atom. The third kappa shape index (κ3) is 4.25. The molecule has 0 unspecified atom stereocenters. The van der Waals surface area contributed by atoms with Crippen LogP contribution in [0.25, 0.3) is 0 Å². The number of carboxylic acids is 1. The molecule has 0 radical (unpaired) electrons. The second-order valence-corrected chi connectivity index (χ2v) is 5.99. The Morgan fingerprint density at radius 2 is 2.14 bits per heavy atom. The van der Waals surface area contributed by atoms with Crippen LogP contribution in [0.5, 0.6) is 0 Å². The van der Waals surface area contributed by atoms with Crippen molar-refractivity contribution in [3.8, 4) is 0 Å². The average Bonchev–Trinajstić information content (AvgIpc) is 2.45. The fourth-order valence-electron chi connectivity index (χ4n) is 2.82. The first-order valence-electron chi connectivity index (χ1n) is 7.34. The van der Waals surface area contributed by atoms with Gasteiger partial charge in [-0.3, -0.25) is 4.79 Å². The zero-order valence-electron chi connectivity index (χ0n) is 12.2. The summed E-state index contributed by atoms with van der Waals surface area (Å²) in [5.74, 6) is -1.40. The maximum atomic E-state index is 13.2. The highest BCUT2D eigenvalue weighted by Gasteiger charge is 2.35. The minimum absolute atomic E-state index is 0.0677. The molecule has 21 heavy (non-hydrogen) atoms. The van der Waals surface area contributed by atoms with Crippen molar-refractivity contribution in [2.75, 3.05) is 6.54 Å². The van der Waals surface area contributed by atoms with Gasteiger partial charge in [-0.1, -0.05) is 12.1 Å². The molecule has 0 bridgehead atoms. The fourth-order valence-corrected chi connectivity index (χ4v) is 2.82. The van der Waals surface area contributed by atoms with Crippen LogP contribution in [0.2, 0.25) is 0 Å². The Hall–Kier alpha value is -1.46. The lowest BCUT2D eigenvalue weighted by Gasteiger charge is -2.35. The summed E-state index contributed by atoms with van der Waals surface area (Å²) in [5, 5.41) is 22.7. The lowest BCUT2D eigenvalue weighted by molar-refractivity contribution is -0.144. The smallest absolute Gasteiger partial charge is 0.306 e. The summed E-state index contributed by atoms with van der Waals surface area (Å²) in [6.45, 7) is 2.30. The SMILES string of the molecule is C[C@H](NCC1(O)CCC(C(=O)O)CC1)c1cccc(F)c1. The molecule has 5 heteroatoms.